The molecule has 0 aliphatic rings. The zero-order valence-electron chi connectivity index (χ0n) is 35.1. The van der Waals surface area contributed by atoms with Crippen molar-refractivity contribution < 1.29 is 12.8 Å². The lowest BCUT2D eigenvalue weighted by Crippen LogP contribution is -2.14. The summed E-state index contributed by atoms with van der Waals surface area (Å²) in [7, 11) is -3.60. The number of halogens is 2. The van der Waals surface area contributed by atoms with Crippen molar-refractivity contribution in [3.63, 3.8) is 0 Å². The molecule has 0 amide bonds. The third-order valence-corrected chi connectivity index (χ3v) is 9.70. The van der Waals surface area contributed by atoms with Crippen LogP contribution in [0.1, 0.15) is 77.6 Å². The first-order valence-electron chi connectivity index (χ1n) is 18.9. The maximum atomic E-state index is 12.4. The van der Waals surface area contributed by atoms with E-state index in [4.69, 9.17) is 0 Å². The molecule has 0 atom stereocenters. The van der Waals surface area contributed by atoms with Crippen LogP contribution in [0, 0.1) is 33.5 Å². The second-order valence-corrected chi connectivity index (χ2v) is 17.3. The zero-order chi connectivity index (χ0) is 42.0. The van der Waals surface area contributed by atoms with Crippen LogP contribution in [-0.4, -0.2) is 37.6 Å². The van der Waals surface area contributed by atoms with Crippen LogP contribution in [0.2, 0.25) is 0 Å². The summed E-state index contributed by atoms with van der Waals surface area (Å²) in [5, 5.41) is 13.2. The average molecular weight is 850 g/mol. The fourth-order valence-corrected chi connectivity index (χ4v) is 6.63. The Morgan fingerprint density at radius 2 is 1.07 bits per heavy atom. The summed E-state index contributed by atoms with van der Waals surface area (Å²) in [6.07, 6.45) is 1.54. The molecular weight excluding hydrogens is 788 g/mol. The number of benzene rings is 4. The Balaban J connectivity index is 0.000000267. The largest absolute Gasteiger partial charge is 0.383 e. The Morgan fingerprint density at radius 1 is 0.571 bits per heavy atom. The highest BCUT2D eigenvalue weighted by Gasteiger charge is 2.14. The Bertz CT molecular complexity index is 2010. The van der Waals surface area contributed by atoms with Crippen molar-refractivity contribution in [3.8, 4) is 0 Å². The van der Waals surface area contributed by atoms with Gasteiger partial charge in [0.2, 0.25) is 0 Å². The van der Waals surface area contributed by atoms with Gasteiger partial charge in [0.05, 0.1) is 4.90 Å². The van der Waals surface area contributed by atoms with Crippen LogP contribution in [0.5, 0.6) is 0 Å². The fraction of sp³-hybridized carbons (Fsp3) is 0.356. The topological polar surface area (TPSA) is 107 Å². The molecular formula is C45H62BrFN6O2S. The highest BCUT2D eigenvalue weighted by atomic mass is 79.9. The Hall–Kier alpha value is -4.61. The molecule has 1 heterocycles. The predicted molar refractivity (Wildman–Crippen MR) is 242 cm³/mol. The van der Waals surface area contributed by atoms with E-state index in [2.05, 4.69) is 133 Å². The summed E-state index contributed by atoms with van der Waals surface area (Å²) < 4.78 is 40.3. The van der Waals surface area contributed by atoms with Gasteiger partial charge in [0.15, 0.2) is 0 Å². The number of aromatic nitrogens is 1. The number of anilines is 5. The molecule has 0 saturated carbocycles. The lowest BCUT2D eigenvalue weighted by Gasteiger charge is -2.13. The van der Waals surface area contributed by atoms with Gasteiger partial charge in [-0.2, -0.15) is 0 Å². The Labute approximate surface area is 344 Å². The molecule has 11 heteroatoms. The van der Waals surface area contributed by atoms with Gasteiger partial charge in [-0.25, -0.2) is 17.8 Å². The minimum atomic E-state index is -3.60. The van der Waals surface area contributed by atoms with E-state index in [0.29, 0.717) is 30.0 Å². The average Bonchev–Trinajstić information content (AvgIpc) is 3.10. The molecule has 0 fully saturated rings. The van der Waals surface area contributed by atoms with Gasteiger partial charge in [-0.05, 0) is 195 Å². The van der Waals surface area contributed by atoms with Crippen LogP contribution in [0.3, 0.4) is 0 Å². The van der Waals surface area contributed by atoms with Gasteiger partial charge in [-0.3, -0.25) is 4.72 Å². The number of hydrogen-bond donors (Lipinski definition) is 5. The molecule has 8 nitrogen and oxygen atoms in total. The summed E-state index contributed by atoms with van der Waals surface area (Å²) in [6.45, 7) is 25.2. The van der Waals surface area contributed by atoms with Crippen molar-refractivity contribution in [2.24, 2.45) is 0 Å². The first-order valence-corrected chi connectivity index (χ1v) is 21.2. The molecule has 0 saturated heterocycles. The molecule has 5 rings (SSSR count). The van der Waals surface area contributed by atoms with Gasteiger partial charge in [0.25, 0.3) is 10.0 Å². The Kier molecular flexibility index (Phi) is 19.9. The van der Waals surface area contributed by atoms with Gasteiger partial charge in [-0.1, -0.05) is 23.8 Å². The van der Waals surface area contributed by atoms with E-state index >= 15 is 0 Å². The van der Waals surface area contributed by atoms with Gasteiger partial charge in [-0.15, -0.1) is 0 Å². The smallest absolute Gasteiger partial charge is 0.263 e. The quantitative estimate of drug-likeness (QED) is 0.0901. The molecule has 304 valence electrons. The van der Waals surface area contributed by atoms with Crippen LogP contribution >= 0.6 is 15.9 Å². The first-order chi connectivity index (χ1) is 26.2. The van der Waals surface area contributed by atoms with Crippen molar-refractivity contribution in [2.75, 3.05) is 26.0 Å². The summed E-state index contributed by atoms with van der Waals surface area (Å²) in [6, 6.07) is 30.5. The van der Waals surface area contributed by atoms with Crippen LogP contribution in [-0.2, 0) is 10.0 Å². The highest BCUT2D eigenvalue weighted by Crippen LogP contribution is 2.26. The molecule has 56 heavy (non-hydrogen) atoms. The maximum absolute atomic E-state index is 12.4. The van der Waals surface area contributed by atoms with Gasteiger partial charge < -0.3 is 21.3 Å². The molecule has 0 radical (unpaired) electrons. The molecule has 1 aromatic heterocycles. The lowest BCUT2D eigenvalue weighted by molar-refractivity contribution is 0.601. The van der Waals surface area contributed by atoms with Crippen molar-refractivity contribution in [1.29, 1.82) is 0 Å². The van der Waals surface area contributed by atoms with Crippen molar-refractivity contribution in [3.05, 3.63) is 136 Å². The van der Waals surface area contributed by atoms with E-state index in [1.807, 2.05) is 27.7 Å². The molecule has 0 aliphatic heterocycles. The molecule has 4 aromatic carbocycles. The van der Waals surface area contributed by atoms with Crippen molar-refractivity contribution in [1.82, 2.24) is 4.98 Å². The monoisotopic (exact) mass is 848 g/mol. The fourth-order valence-electron chi connectivity index (χ4n) is 5.05. The normalized spacial score (nSPS) is 10.8. The van der Waals surface area contributed by atoms with Gasteiger partial charge in [0.1, 0.15) is 11.6 Å². The number of hydrogen-bond acceptors (Lipinski definition) is 7. The summed E-state index contributed by atoms with van der Waals surface area (Å²) in [5.74, 6) is 0.108. The third-order valence-electron chi connectivity index (χ3n) is 7.68. The summed E-state index contributed by atoms with van der Waals surface area (Å²) >= 11 is 3.55. The number of nitrogens with zero attached hydrogens (tertiary/aromatic N) is 1. The van der Waals surface area contributed by atoms with Crippen LogP contribution < -0.4 is 26.0 Å². The van der Waals surface area contributed by atoms with Gasteiger partial charge >= 0.3 is 0 Å². The van der Waals surface area contributed by atoms with E-state index in [9.17, 15) is 12.8 Å². The van der Waals surface area contributed by atoms with E-state index in [1.165, 1.54) is 52.0 Å². The standard InChI is InChI=1S/C14H17N3O2S.C11H16BrN.C11H17N.C9H12FN/c1-11(2)16-12-6-8-13(9-7-12)20(18,19)17-14-5-3-4-10-15-14;1-7(2)13-11-6-9(4)8(3)5-10(11)12;1-8(2)12-11-6-5-9(3)7-10(11)4;1-7(2)11-9-5-3-8(10)4-6-9/h3-11,16H,1-2H3,(H,15,17);5-7,13H,1-4H3;5-8,12H,1-4H3;3-7,11H,1-2H3. The number of sulfonamides is 1. The third kappa shape index (κ3) is 18.3. The first kappa shape index (κ1) is 47.5. The lowest BCUT2D eigenvalue weighted by atomic mass is 10.1. The van der Waals surface area contributed by atoms with E-state index in [1.54, 1.807) is 54.6 Å². The van der Waals surface area contributed by atoms with E-state index in [-0.39, 0.29) is 10.7 Å². The van der Waals surface area contributed by atoms with Crippen LogP contribution in [0.15, 0.2) is 113 Å². The molecule has 0 unspecified atom stereocenters. The number of pyridine rings is 1. The minimum absolute atomic E-state index is 0.195. The number of aryl methyl sites for hydroxylation is 4. The van der Waals surface area contributed by atoms with Gasteiger partial charge in [0, 0.05) is 57.6 Å². The Morgan fingerprint density at radius 3 is 1.55 bits per heavy atom. The predicted octanol–water partition coefficient (Wildman–Crippen LogP) is 12.4. The summed E-state index contributed by atoms with van der Waals surface area (Å²) in [5.41, 5.74) is 9.56. The van der Waals surface area contributed by atoms with Crippen LogP contribution in [0.4, 0.5) is 33.0 Å². The van der Waals surface area contributed by atoms with Crippen LogP contribution in [0.25, 0.3) is 0 Å². The minimum Gasteiger partial charge on any atom is -0.383 e. The van der Waals surface area contributed by atoms with Crippen molar-refractivity contribution >= 4 is 54.5 Å². The molecule has 0 spiro atoms. The van der Waals surface area contributed by atoms with E-state index in [0.717, 1.165) is 15.8 Å². The maximum Gasteiger partial charge on any atom is 0.263 e. The molecule has 5 N–H and O–H groups in total. The molecule has 0 aliphatic carbocycles. The number of rotatable bonds is 11. The highest BCUT2D eigenvalue weighted by molar-refractivity contribution is 9.10. The summed E-state index contributed by atoms with van der Waals surface area (Å²) in [4.78, 5) is 4.15. The second kappa shape index (κ2) is 23.5. The van der Waals surface area contributed by atoms with Crippen molar-refractivity contribution in [2.45, 2.75) is 112 Å². The molecule has 0 bridgehead atoms. The zero-order valence-corrected chi connectivity index (χ0v) is 37.5. The number of nitrogens with one attached hydrogen (secondary N) is 5. The second-order valence-electron chi connectivity index (χ2n) is 14.8. The van der Waals surface area contributed by atoms with E-state index < -0.39 is 10.0 Å². The SMILES string of the molecule is CC(C)Nc1ccc(F)cc1.CC(C)Nc1ccc(S(=O)(=O)Nc2ccccn2)cc1.Cc1cc(Br)c(NC(C)C)cc1C.Cc1ccc(NC(C)C)c(C)c1. The molecule has 5 aromatic rings.